The van der Waals surface area contributed by atoms with E-state index < -0.39 is 5.92 Å². The van der Waals surface area contributed by atoms with Crippen molar-refractivity contribution in [3.8, 4) is 11.5 Å². The number of dihydropyridines is 1. The summed E-state index contributed by atoms with van der Waals surface area (Å²) in [6, 6.07) is 11.0. The summed E-state index contributed by atoms with van der Waals surface area (Å²) in [5.41, 5.74) is 5.10. The molecule has 0 bridgehead atoms. The maximum atomic E-state index is 13.7. The highest BCUT2D eigenvalue weighted by molar-refractivity contribution is 6.32. The molecule has 0 saturated carbocycles. The molecule has 42 heavy (non-hydrogen) atoms. The molecule has 5 rings (SSSR count). The molecule has 7 nitrogen and oxygen atoms in total. The summed E-state index contributed by atoms with van der Waals surface area (Å²) in [4.78, 5) is 40.0. The molecule has 2 N–H and O–H groups in total. The molecule has 8 heteroatoms. The van der Waals surface area contributed by atoms with Crippen molar-refractivity contribution in [3.63, 3.8) is 0 Å². The Morgan fingerprint density at radius 2 is 1.50 bits per heavy atom. The standard InChI is InChI=1S/C34H39ClN2O5/c1-7-41-27-13-20(12-22(35)32(27)42-18-28(40)36-21-10-8-19(2)9-11-21)29-30-23(14-33(3,4)16-25(30)38)37-24-15-34(5,6)17-26(39)31(24)29/h8-13,29,37H,7,14-18H2,1-6H3,(H,36,40). The number of rotatable bonds is 7. The Morgan fingerprint density at radius 3 is 2.05 bits per heavy atom. The van der Waals surface area contributed by atoms with E-state index in [1.165, 1.54) is 0 Å². The van der Waals surface area contributed by atoms with E-state index in [0.29, 0.717) is 60.4 Å². The molecule has 222 valence electrons. The average Bonchev–Trinajstić information content (AvgIpc) is 2.87. The zero-order valence-corrected chi connectivity index (χ0v) is 26.0. The number of hydrogen-bond donors (Lipinski definition) is 2. The van der Waals surface area contributed by atoms with Crippen molar-refractivity contribution in [2.24, 2.45) is 10.8 Å². The van der Waals surface area contributed by atoms with Gasteiger partial charge in [-0.2, -0.15) is 0 Å². The van der Waals surface area contributed by atoms with E-state index in [0.717, 1.165) is 17.0 Å². The van der Waals surface area contributed by atoms with Crippen LogP contribution in [-0.2, 0) is 14.4 Å². The summed E-state index contributed by atoms with van der Waals surface area (Å²) in [6.07, 6.45) is 2.21. The number of carbonyl (C=O) groups is 3. The number of benzene rings is 2. The van der Waals surface area contributed by atoms with Gasteiger partial charge in [0, 0.05) is 47.0 Å². The van der Waals surface area contributed by atoms with Gasteiger partial charge in [-0.15, -0.1) is 0 Å². The van der Waals surface area contributed by atoms with E-state index in [4.69, 9.17) is 21.1 Å². The Morgan fingerprint density at radius 1 is 0.929 bits per heavy atom. The van der Waals surface area contributed by atoms with Crippen LogP contribution in [0.15, 0.2) is 58.9 Å². The van der Waals surface area contributed by atoms with Gasteiger partial charge < -0.3 is 20.1 Å². The van der Waals surface area contributed by atoms with Crippen LogP contribution in [-0.4, -0.2) is 30.7 Å². The van der Waals surface area contributed by atoms with Crippen LogP contribution in [0.3, 0.4) is 0 Å². The Hall–Kier alpha value is -3.58. The van der Waals surface area contributed by atoms with Crippen LogP contribution >= 0.6 is 11.6 Å². The third kappa shape index (κ3) is 6.12. The van der Waals surface area contributed by atoms with Crippen molar-refractivity contribution in [2.75, 3.05) is 18.5 Å². The van der Waals surface area contributed by atoms with Gasteiger partial charge in [-0.3, -0.25) is 14.4 Å². The summed E-state index contributed by atoms with van der Waals surface area (Å²) in [5, 5.41) is 6.60. The second kappa shape index (κ2) is 11.3. The molecular formula is C34H39ClN2O5. The van der Waals surface area contributed by atoms with Gasteiger partial charge in [0.25, 0.3) is 5.91 Å². The quantitative estimate of drug-likeness (QED) is 0.359. The normalized spacial score (nSPS) is 19.6. The molecule has 0 atom stereocenters. The largest absolute Gasteiger partial charge is 0.490 e. The average molecular weight is 591 g/mol. The fraction of sp³-hybridized carbons (Fsp3) is 0.441. The monoisotopic (exact) mass is 590 g/mol. The minimum atomic E-state index is -0.556. The third-order valence-corrected chi connectivity index (χ3v) is 8.35. The summed E-state index contributed by atoms with van der Waals surface area (Å²) in [7, 11) is 0. The van der Waals surface area contributed by atoms with E-state index in [-0.39, 0.29) is 45.7 Å². The molecule has 1 aliphatic heterocycles. The number of ether oxygens (including phenoxy) is 2. The Labute approximate surface area is 252 Å². The van der Waals surface area contributed by atoms with Gasteiger partial charge in [0.05, 0.1) is 11.6 Å². The van der Waals surface area contributed by atoms with Crippen molar-refractivity contribution in [1.29, 1.82) is 0 Å². The minimum absolute atomic E-state index is 0.0325. The van der Waals surface area contributed by atoms with Crippen LogP contribution < -0.4 is 20.1 Å². The van der Waals surface area contributed by atoms with Crippen molar-refractivity contribution < 1.29 is 23.9 Å². The van der Waals surface area contributed by atoms with E-state index in [2.05, 4.69) is 38.3 Å². The first-order chi connectivity index (χ1) is 19.8. The fourth-order valence-corrected chi connectivity index (χ4v) is 6.63. The van der Waals surface area contributed by atoms with Crippen molar-refractivity contribution in [2.45, 2.75) is 73.1 Å². The van der Waals surface area contributed by atoms with Gasteiger partial charge >= 0.3 is 0 Å². The second-order valence-corrected chi connectivity index (χ2v) is 13.6. The first-order valence-corrected chi connectivity index (χ1v) is 14.9. The van der Waals surface area contributed by atoms with E-state index >= 15 is 0 Å². The zero-order chi connectivity index (χ0) is 30.4. The van der Waals surface area contributed by atoms with Crippen LogP contribution in [0.5, 0.6) is 11.5 Å². The highest BCUT2D eigenvalue weighted by atomic mass is 35.5. The number of ketones is 2. The van der Waals surface area contributed by atoms with Gasteiger partial charge in [-0.1, -0.05) is 57.0 Å². The van der Waals surface area contributed by atoms with Crippen molar-refractivity contribution in [1.82, 2.24) is 5.32 Å². The predicted molar refractivity (Wildman–Crippen MR) is 164 cm³/mol. The maximum absolute atomic E-state index is 13.7. The van der Waals surface area contributed by atoms with Crippen molar-refractivity contribution in [3.05, 3.63) is 75.1 Å². The first kappa shape index (κ1) is 29.9. The fourth-order valence-electron chi connectivity index (χ4n) is 6.35. The molecule has 0 saturated heterocycles. The van der Waals surface area contributed by atoms with E-state index in [1.807, 2.05) is 38.1 Å². The number of allylic oxidation sites excluding steroid dienone is 4. The minimum Gasteiger partial charge on any atom is -0.490 e. The highest BCUT2D eigenvalue weighted by Gasteiger charge is 2.46. The summed E-state index contributed by atoms with van der Waals surface area (Å²) in [6.45, 7) is 12.3. The number of aryl methyl sites for hydroxylation is 1. The number of halogens is 1. The van der Waals surface area contributed by atoms with E-state index in [1.54, 1.807) is 12.1 Å². The number of Topliss-reactive ketones (excluding diaryl/α,β-unsaturated/α-hetero) is 2. The number of anilines is 1. The first-order valence-electron chi connectivity index (χ1n) is 14.5. The summed E-state index contributed by atoms with van der Waals surface area (Å²) < 4.78 is 11.8. The number of carbonyl (C=O) groups excluding carboxylic acids is 3. The van der Waals surface area contributed by atoms with Crippen molar-refractivity contribution >= 4 is 34.8 Å². The van der Waals surface area contributed by atoms with Crippen LogP contribution in [0.2, 0.25) is 5.02 Å². The number of amides is 1. The van der Waals surface area contributed by atoms with Gasteiger partial charge in [0.1, 0.15) is 0 Å². The number of hydrogen-bond acceptors (Lipinski definition) is 6. The Bertz CT molecular complexity index is 1470. The molecule has 0 fully saturated rings. The molecule has 0 unspecified atom stereocenters. The molecule has 0 spiro atoms. The van der Waals surface area contributed by atoms with Crippen LogP contribution in [0.1, 0.15) is 77.3 Å². The zero-order valence-electron chi connectivity index (χ0n) is 25.2. The van der Waals surface area contributed by atoms with Crippen LogP contribution in [0.4, 0.5) is 5.69 Å². The lowest BCUT2D eigenvalue weighted by atomic mass is 9.64. The number of nitrogens with one attached hydrogen (secondary N) is 2. The molecular weight excluding hydrogens is 552 g/mol. The third-order valence-electron chi connectivity index (χ3n) is 8.07. The molecule has 0 radical (unpaired) electrons. The summed E-state index contributed by atoms with van der Waals surface area (Å²) >= 11 is 6.81. The Balaban J connectivity index is 1.52. The van der Waals surface area contributed by atoms with Gasteiger partial charge in [0.2, 0.25) is 0 Å². The van der Waals surface area contributed by atoms with Gasteiger partial charge in [-0.05, 0) is 67.3 Å². The lowest BCUT2D eigenvalue weighted by Gasteiger charge is -2.44. The molecule has 2 aliphatic carbocycles. The Kier molecular flexibility index (Phi) is 8.01. The molecule has 3 aliphatic rings. The van der Waals surface area contributed by atoms with E-state index in [9.17, 15) is 14.4 Å². The SMILES string of the molecule is CCOc1cc(C2C3=C(CC(C)(C)CC3=O)NC3=C2C(=O)CC(C)(C)C3)cc(Cl)c1OCC(=O)Nc1ccc(C)cc1. The molecule has 2 aromatic rings. The summed E-state index contributed by atoms with van der Waals surface area (Å²) in [5.74, 6) is -0.228. The topological polar surface area (TPSA) is 93.7 Å². The molecule has 1 heterocycles. The predicted octanol–water partition coefficient (Wildman–Crippen LogP) is 7.04. The molecule has 0 aromatic heterocycles. The van der Waals surface area contributed by atoms with Gasteiger partial charge in [-0.25, -0.2) is 0 Å². The molecule has 1 amide bonds. The van der Waals surface area contributed by atoms with Crippen LogP contribution in [0, 0.1) is 17.8 Å². The second-order valence-electron chi connectivity index (χ2n) is 13.2. The van der Waals surface area contributed by atoms with Crippen LogP contribution in [0.25, 0.3) is 0 Å². The maximum Gasteiger partial charge on any atom is 0.262 e. The lowest BCUT2D eigenvalue weighted by Crippen LogP contribution is -2.42. The molecule has 2 aromatic carbocycles. The van der Waals surface area contributed by atoms with Gasteiger partial charge in [0.15, 0.2) is 29.7 Å². The lowest BCUT2D eigenvalue weighted by molar-refractivity contribution is -0.119. The smallest absolute Gasteiger partial charge is 0.262 e. The highest BCUT2D eigenvalue weighted by Crippen LogP contribution is 2.52.